The van der Waals surface area contributed by atoms with Crippen LogP contribution >= 0.6 is 0 Å². The van der Waals surface area contributed by atoms with Gasteiger partial charge in [-0.2, -0.15) is 0 Å². The molecule has 1 aromatic rings. The van der Waals surface area contributed by atoms with Crippen molar-refractivity contribution < 1.29 is 9.84 Å². The Hall–Kier alpha value is -1.26. The third-order valence-electron chi connectivity index (χ3n) is 3.87. The van der Waals surface area contributed by atoms with Crippen LogP contribution in [0.25, 0.3) is 0 Å². The zero-order chi connectivity index (χ0) is 14.4. The number of aromatic hydroxyl groups is 1. The highest BCUT2D eigenvalue weighted by Gasteiger charge is 2.18. The lowest BCUT2D eigenvalue weighted by Gasteiger charge is -2.25. The summed E-state index contributed by atoms with van der Waals surface area (Å²) in [6.07, 6.45) is 3.66. The van der Waals surface area contributed by atoms with Crippen LogP contribution in [0.5, 0.6) is 11.5 Å². The van der Waals surface area contributed by atoms with Gasteiger partial charge in [0.05, 0.1) is 7.11 Å². The van der Waals surface area contributed by atoms with Gasteiger partial charge in [0.2, 0.25) is 0 Å². The van der Waals surface area contributed by atoms with Gasteiger partial charge in [-0.25, -0.2) is 0 Å². The minimum Gasteiger partial charge on any atom is -0.507 e. The Morgan fingerprint density at radius 3 is 2.90 bits per heavy atom. The van der Waals surface area contributed by atoms with Crippen LogP contribution in [0.3, 0.4) is 0 Å². The molecule has 4 heteroatoms. The predicted molar refractivity (Wildman–Crippen MR) is 81.3 cm³/mol. The molecule has 1 saturated heterocycles. The zero-order valence-corrected chi connectivity index (χ0v) is 12.6. The minimum absolute atomic E-state index is 0.324. The van der Waals surface area contributed by atoms with Crippen molar-refractivity contribution in [2.75, 3.05) is 26.7 Å². The molecule has 1 atom stereocenters. The second-order valence-electron chi connectivity index (χ2n) is 5.52. The summed E-state index contributed by atoms with van der Waals surface area (Å²) in [5, 5.41) is 13.6. The highest BCUT2D eigenvalue weighted by Crippen LogP contribution is 2.25. The molecular weight excluding hydrogens is 252 g/mol. The molecule has 1 fully saturated rings. The summed E-state index contributed by atoms with van der Waals surface area (Å²) in [4.78, 5) is 2.42. The minimum atomic E-state index is 0.324. The topological polar surface area (TPSA) is 44.7 Å². The van der Waals surface area contributed by atoms with Crippen molar-refractivity contribution in [2.24, 2.45) is 0 Å². The Bertz CT molecular complexity index is 417. The van der Waals surface area contributed by atoms with E-state index in [9.17, 15) is 5.11 Å². The van der Waals surface area contributed by atoms with Gasteiger partial charge in [-0.3, -0.25) is 4.90 Å². The third-order valence-corrected chi connectivity index (χ3v) is 3.87. The van der Waals surface area contributed by atoms with Gasteiger partial charge in [0, 0.05) is 30.8 Å². The standard InChI is InChI=1S/C16H26N2O2/c1-3-9-18(12-14-5-4-8-17-14)11-13-6-7-15(20-2)10-16(13)19/h6-7,10,14,17,19H,3-5,8-9,11-12H2,1-2H3. The maximum atomic E-state index is 10.1. The first-order chi connectivity index (χ1) is 9.72. The number of nitrogens with one attached hydrogen (secondary N) is 1. The number of rotatable bonds is 7. The summed E-state index contributed by atoms with van der Waals surface area (Å²) in [6, 6.07) is 6.15. The molecule has 1 unspecified atom stereocenters. The lowest BCUT2D eigenvalue weighted by molar-refractivity contribution is 0.238. The Morgan fingerprint density at radius 1 is 1.45 bits per heavy atom. The van der Waals surface area contributed by atoms with Crippen LogP contribution in [0.15, 0.2) is 18.2 Å². The number of nitrogens with zero attached hydrogens (tertiary/aromatic N) is 1. The molecular formula is C16H26N2O2. The zero-order valence-electron chi connectivity index (χ0n) is 12.6. The number of hydrogen-bond acceptors (Lipinski definition) is 4. The molecule has 2 rings (SSSR count). The van der Waals surface area contributed by atoms with Crippen molar-refractivity contribution >= 4 is 0 Å². The quantitative estimate of drug-likeness (QED) is 0.804. The van der Waals surface area contributed by atoms with E-state index in [-0.39, 0.29) is 0 Å². The van der Waals surface area contributed by atoms with Crippen LogP contribution in [-0.4, -0.2) is 42.8 Å². The first-order valence-corrected chi connectivity index (χ1v) is 7.54. The van der Waals surface area contributed by atoms with Crippen LogP contribution in [0.1, 0.15) is 31.7 Å². The van der Waals surface area contributed by atoms with Crippen LogP contribution in [-0.2, 0) is 6.54 Å². The van der Waals surface area contributed by atoms with Gasteiger partial charge >= 0.3 is 0 Å². The molecule has 4 nitrogen and oxygen atoms in total. The van der Waals surface area contributed by atoms with E-state index < -0.39 is 0 Å². The van der Waals surface area contributed by atoms with Crippen LogP contribution in [0.2, 0.25) is 0 Å². The van der Waals surface area contributed by atoms with E-state index in [1.165, 1.54) is 12.8 Å². The molecule has 0 bridgehead atoms. The van der Waals surface area contributed by atoms with E-state index in [0.717, 1.165) is 38.2 Å². The van der Waals surface area contributed by atoms with E-state index in [1.54, 1.807) is 13.2 Å². The van der Waals surface area contributed by atoms with Crippen molar-refractivity contribution in [3.63, 3.8) is 0 Å². The molecule has 2 N–H and O–H groups in total. The van der Waals surface area contributed by atoms with Gasteiger partial charge in [-0.1, -0.05) is 13.0 Å². The van der Waals surface area contributed by atoms with Crippen molar-refractivity contribution in [1.82, 2.24) is 10.2 Å². The number of phenols is 1. The fraction of sp³-hybridized carbons (Fsp3) is 0.625. The molecule has 0 spiro atoms. The molecule has 1 aromatic carbocycles. The first kappa shape index (κ1) is 15.1. The molecule has 0 aliphatic carbocycles. The average molecular weight is 278 g/mol. The molecule has 1 aliphatic heterocycles. The monoisotopic (exact) mass is 278 g/mol. The summed E-state index contributed by atoms with van der Waals surface area (Å²) < 4.78 is 5.13. The van der Waals surface area contributed by atoms with E-state index in [1.807, 2.05) is 12.1 Å². The van der Waals surface area contributed by atoms with Crippen molar-refractivity contribution in [1.29, 1.82) is 0 Å². The summed E-state index contributed by atoms with van der Waals surface area (Å²) >= 11 is 0. The summed E-state index contributed by atoms with van der Waals surface area (Å²) in [5.74, 6) is 1.02. The van der Waals surface area contributed by atoms with Gasteiger partial charge in [-0.15, -0.1) is 0 Å². The van der Waals surface area contributed by atoms with Crippen molar-refractivity contribution in [2.45, 2.75) is 38.8 Å². The largest absolute Gasteiger partial charge is 0.507 e. The van der Waals surface area contributed by atoms with Gasteiger partial charge in [0.1, 0.15) is 11.5 Å². The van der Waals surface area contributed by atoms with Gasteiger partial charge < -0.3 is 15.2 Å². The van der Waals surface area contributed by atoms with E-state index in [0.29, 0.717) is 17.5 Å². The fourth-order valence-corrected chi connectivity index (χ4v) is 2.82. The average Bonchev–Trinajstić information content (AvgIpc) is 2.94. The lowest BCUT2D eigenvalue weighted by atomic mass is 10.1. The third kappa shape index (κ3) is 4.12. The molecule has 0 aromatic heterocycles. The van der Waals surface area contributed by atoms with Crippen molar-refractivity contribution in [3.8, 4) is 11.5 Å². The maximum absolute atomic E-state index is 10.1. The van der Waals surface area contributed by atoms with Gasteiger partial charge in [0.15, 0.2) is 0 Å². The summed E-state index contributed by atoms with van der Waals surface area (Å²) in [7, 11) is 1.61. The predicted octanol–water partition coefficient (Wildman–Crippen LogP) is 2.36. The first-order valence-electron chi connectivity index (χ1n) is 7.54. The highest BCUT2D eigenvalue weighted by atomic mass is 16.5. The molecule has 1 heterocycles. The second-order valence-corrected chi connectivity index (χ2v) is 5.52. The smallest absolute Gasteiger partial charge is 0.123 e. The van der Waals surface area contributed by atoms with Crippen LogP contribution in [0.4, 0.5) is 0 Å². The summed E-state index contributed by atoms with van der Waals surface area (Å²) in [6.45, 7) is 6.24. The fourth-order valence-electron chi connectivity index (χ4n) is 2.82. The van der Waals surface area contributed by atoms with Crippen molar-refractivity contribution in [3.05, 3.63) is 23.8 Å². The van der Waals surface area contributed by atoms with Crippen LogP contribution in [0, 0.1) is 0 Å². The molecule has 0 saturated carbocycles. The maximum Gasteiger partial charge on any atom is 0.123 e. The molecule has 112 valence electrons. The lowest BCUT2D eigenvalue weighted by Crippen LogP contribution is -2.37. The Morgan fingerprint density at radius 2 is 2.30 bits per heavy atom. The number of methoxy groups -OCH3 is 1. The molecule has 20 heavy (non-hydrogen) atoms. The normalized spacial score (nSPS) is 18.6. The number of hydrogen-bond donors (Lipinski definition) is 2. The van der Waals surface area contributed by atoms with E-state index in [4.69, 9.17) is 4.74 Å². The van der Waals surface area contributed by atoms with E-state index >= 15 is 0 Å². The van der Waals surface area contributed by atoms with Gasteiger partial charge in [-0.05, 0) is 38.4 Å². The molecule has 1 aliphatic rings. The Balaban J connectivity index is 1.99. The molecule has 0 radical (unpaired) electrons. The number of ether oxygens (including phenoxy) is 1. The highest BCUT2D eigenvalue weighted by molar-refractivity contribution is 5.39. The number of phenolic OH excluding ortho intramolecular Hbond substituents is 1. The Labute approximate surface area is 121 Å². The second kappa shape index (κ2) is 7.50. The van der Waals surface area contributed by atoms with Crippen LogP contribution < -0.4 is 10.1 Å². The van der Waals surface area contributed by atoms with E-state index in [2.05, 4.69) is 17.1 Å². The number of benzene rings is 1. The van der Waals surface area contributed by atoms with Gasteiger partial charge in [0.25, 0.3) is 0 Å². The SMILES string of the molecule is CCCN(Cc1ccc(OC)cc1O)CC1CCCN1. The summed E-state index contributed by atoms with van der Waals surface area (Å²) in [5.41, 5.74) is 0.970. The Kier molecular flexibility index (Phi) is 5.68. The molecule has 0 amide bonds.